The van der Waals surface area contributed by atoms with Crippen molar-refractivity contribution >= 4 is 5.91 Å². The third kappa shape index (κ3) is 1.71. The fourth-order valence-electron chi connectivity index (χ4n) is 4.13. The van der Waals surface area contributed by atoms with Gasteiger partial charge in [-0.1, -0.05) is 18.2 Å². The minimum Gasteiger partial charge on any atom is -0.337 e. The van der Waals surface area contributed by atoms with E-state index in [0.717, 1.165) is 25.9 Å². The number of carbonyl (C=O) groups excluding carboxylic acids is 1. The average Bonchev–Trinajstić information content (AvgIpc) is 3.05. The van der Waals surface area contributed by atoms with Gasteiger partial charge >= 0.3 is 0 Å². The number of fused-ring (bicyclic) bond motifs is 2. The van der Waals surface area contributed by atoms with E-state index in [1.165, 1.54) is 30.4 Å². The molecule has 19 heavy (non-hydrogen) atoms. The van der Waals surface area contributed by atoms with Crippen LogP contribution >= 0.6 is 0 Å². The first-order valence-corrected chi connectivity index (χ1v) is 7.48. The van der Waals surface area contributed by atoms with Crippen LogP contribution in [0.3, 0.4) is 0 Å². The number of nitrogens with one attached hydrogen (secondary N) is 1. The highest BCUT2D eigenvalue weighted by molar-refractivity contribution is 5.79. The molecule has 1 aromatic carbocycles. The second-order valence-electron chi connectivity index (χ2n) is 5.96. The smallest absolute Gasteiger partial charge is 0.223 e. The van der Waals surface area contributed by atoms with Gasteiger partial charge in [-0.05, 0) is 42.4 Å². The predicted molar refractivity (Wildman–Crippen MR) is 73.9 cm³/mol. The van der Waals surface area contributed by atoms with Crippen LogP contribution in [-0.2, 0) is 17.6 Å². The first-order valence-electron chi connectivity index (χ1n) is 7.48. The monoisotopic (exact) mass is 256 g/mol. The van der Waals surface area contributed by atoms with Gasteiger partial charge in [0, 0.05) is 19.5 Å². The highest BCUT2D eigenvalue weighted by Crippen LogP contribution is 2.36. The summed E-state index contributed by atoms with van der Waals surface area (Å²) >= 11 is 0. The molecular formula is C16H20N2O. The van der Waals surface area contributed by atoms with E-state index in [1.807, 2.05) is 0 Å². The van der Waals surface area contributed by atoms with Gasteiger partial charge in [-0.3, -0.25) is 4.79 Å². The van der Waals surface area contributed by atoms with Gasteiger partial charge in [0.25, 0.3) is 0 Å². The largest absolute Gasteiger partial charge is 0.337 e. The van der Waals surface area contributed by atoms with Crippen LogP contribution in [0.2, 0.25) is 0 Å². The lowest BCUT2D eigenvalue weighted by molar-refractivity contribution is -0.130. The molecule has 4 rings (SSSR count). The molecule has 0 bridgehead atoms. The van der Waals surface area contributed by atoms with Gasteiger partial charge in [0.2, 0.25) is 5.91 Å². The molecule has 100 valence electrons. The van der Waals surface area contributed by atoms with Gasteiger partial charge in [-0.15, -0.1) is 0 Å². The zero-order chi connectivity index (χ0) is 12.8. The Morgan fingerprint density at radius 3 is 3.11 bits per heavy atom. The molecule has 1 aromatic rings. The number of amides is 1. The molecule has 0 aromatic heterocycles. The molecule has 3 aliphatic rings. The molecule has 1 amide bonds. The van der Waals surface area contributed by atoms with Crippen LogP contribution < -0.4 is 5.32 Å². The fourth-order valence-corrected chi connectivity index (χ4v) is 4.13. The summed E-state index contributed by atoms with van der Waals surface area (Å²) in [6, 6.07) is 7.47. The van der Waals surface area contributed by atoms with Crippen molar-refractivity contribution in [1.29, 1.82) is 0 Å². The number of carbonyl (C=O) groups is 1. The SMILES string of the molecule is O=C1CC[C@H]2C(c3cccc4c3CCC4)NCCN12. The van der Waals surface area contributed by atoms with Gasteiger partial charge in [-0.2, -0.15) is 0 Å². The maximum atomic E-state index is 11.9. The third-order valence-electron chi connectivity index (χ3n) is 4.99. The van der Waals surface area contributed by atoms with Gasteiger partial charge in [0.15, 0.2) is 0 Å². The van der Waals surface area contributed by atoms with E-state index in [2.05, 4.69) is 28.4 Å². The normalized spacial score (nSPS) is 29.5. The number of piperazine rings is 1. The first-order chi connectivity index (χ1) is 9.34. The van der Waals surface area contributed by atoms with E-state index in [9.17, 15) is 4.79 Å². The molecular weight excluding hydrogens is 236 g/mol. The second-order valence-corrected chi connectivity index (χ2v) is 5.96. The molecule has 2 heterocycles. The summed E-state index contributed by atoms with van der Waals surface area (Å²) in [6.45, 7) is 1.81. The molecule has 2 atom stereocenters. The third-order valence-corrected chi connectivity index (χ3v) is 4.99. The van der Waals surface area contributed by atoms with E-state index in [0.29, 0.717) is 18.0 Å². The maximum Gasteiger partial charge on any atom is 0.223 e. The number of rotatable bonds is 1. The topological polar surface area (TPSA) is 32.3 Å². The highest BCUT2D eigenvalue weighted by Gasteiger charge is 2.40. The van der Waals surface area contributed by atoms with Crippen molar-refractivity contribution in [2.75, 3.05) is 13.1 Å². The summed E-state index contributed by atoms with van der Waals surface area (Å²) in [6.07, 6.45) is 5.47. The zero-order valence-corrected chi connectivity index (χ0v) is 11.2. The standard InChI is InChI=1S/C16H20N2O/c19-15-8-7-14-16(17-9-10-18(14)15)13-6-2-4-11-3-1-5-12(11)13/h2,4,6,14,16-17H,1,3,5,7-10H2/t14-,16?/m0/s1. The van der Waals surface area contributed by atoms with Crippen molar-refractivity contribution in [2.45, 2.75) is 44.2 Å². The molecule has 2 saturated heterocycles. The summed E-state index contributed by atoms with van der Waals surface area (Å²) in [5, 5.41) is 3.66. The van der Waals surface area contributed by atoms with Crippen LogP contribution in [0.25, 0.3) is 0 Å². The van der Waals surface area contributed by atoms with Crippen LogP contribution in [-0.4, -0.2) is 29.9 Å². The Morgan fingerprint density at radius 1 is 1.21 bits per heavy atom. The molecule has 0 spiro atoms. The van der Waals surface area contributed by atoms with Crippen LogP contribution in [0, 0.1) is 0 Å². The summed E-state index contributed by atoms with van der Waals surface area (Å²) in [7, 11) is 0. The molecule has 2 fully saturated rings. The lowest BCUT2D eigenvalue weighted by Gasteiger charge is -2.38. The van der Waals surface area contributed by atoms with Crippen molar-refractivity contribution in [3.63, 3.8) is 0 Å². The minimum atomic E-state index is 0.351. The number of benzene rings is 1. The number of nitrogens with zero attached hydrogens (tertiary/aromatic N) is 1. The molecule has 3 heteroatoms. The molecule has 0 radical (unpaired) electrons. The van der Waals surface area contributed by atoms with Gasteiger partial charge in [-0.25, -0.2) is 0 Å². The van der Waals surface area contributed by atoms with Crippen LogP contribution in [0.5, 0.6) is 0 Å². The minimum absolute atomic E-state index is 0.351. The van der Waals surface area contributed by atoms with E-state index in [-0.39, 0.29) is 0 Å². The Kier molecular flexibility index (Phi) is 2.62. The second kappa shape index (κ2) is 4.34. The van der Waals surface area contributed by atoms with Crippen molar-refractivity contribution in [1.82, 2.24) is 10.2 Å². The van der Waals surface area contributed by atoms with Crippen molar-refractivity contribution in [3.8, 4) is 0 Å². The van der Waals surface area contributed by atoms with Crippen molar-refractivity contribution < 1.29 is 4.79 Å². The number of aryl methyl sites for hydroxylation is 1. The van der Waals surface area contributed by atoms with Crippen LogP contribution in [0.4, 0.5) is 0 Å². The Hall–Kier alpha value is -1.35. The first kappa shape index (κ1) is 11.5. The zero-order valence-electron chi connectivity index (χ0n) is 11.2. The van der Waals surface area contributed by atoms with Crippen molar-refractivity contribution in [3.05, 3.63) is 34.9 Å². The maximum absolute atomic E-state index is 11.9. The summed E-state index contributed by atoms with van der Waals surface area (Å²) < 4.78 is 0. The van der Waals surface area contributed by atoms with E-state index < -0.39 is 0 Å². The Labute approximate surface area is 114 Å². The molecule has 1 aliphatic carbocycles. The van der Waals surface area contributed by atoms with Gasteiger partial charge < -0.3 is 10.2 Å². The average molecular weight is 256 g/mol. The van der Waals surface area contributed by atoms with E-state index in [4.69, 9.17) is 0 Å². The number of hydrogen-bond acceptors (Lipinski definition) is 2. The molecule has 3 nitrogen and oxygen atoms in total. The predicted octanol–water partition coefficient (Wildman–Crippen LogP) is 1.81. The van der Waals surface area contributed by atoms with Gasteiger partial charge in [0.05, 0.1) is 12.1 Å². The summed E-state index contributed by atoms with van der Waals surface area (Å²) in [4.78, 5) is 14.0. The lowest BCUT2D eigenvalue weighted by atomic mass is 9.90. The summed E-state index contributed by atoms with van der Waals surface area (Å²) in [5.41, 5.74) is 4.54. The lowest BCUT2D eigenvalue weighted by Crippen LogP contribution is -2.51. The van der Waals surface area contributed by atoms with Gasteiger partial charge in [0.1, 0.15) is 0 Å². The van der Waals surface area contributed by atoms with Crippen LogP contribution in [0.15, 0.2) is 18.2 Å². The Bertz CT molecular complexity index is 525. The summed E-state index contributed by atoms with van der Waals surface area (Å²) in [5.74, 6) is 0.351. The van der Waals surface area contributed by atoms with E-state index >= 15 is 0 Å². The molecule has 1 N–H and O–H groups in total. The quantitative estimate of drug-likeness (QED) is 0.831. The fraction of sp³-hybridized carbons (Fsp3) is 0.562. The molecule has 0 saturated carbocycles. The van der Waals surface area contributed by atoms with Crippen molar-refractivity contribution in [2.24, 2.45) is 0 Å². The molecule has 2 aliphatic heterocycles. The Balaban J connectivity index is 1.72. The highest BCUT2D eigenvalue weighted by atomic mass is 16.2. The number of hydrogen-bond donors (Lipinski definition) is 1. The van der Waals surface area contributed by atoms with E-state index in [1.54, 1.807) is 5.56 Å². The van der Waals surface area contributed by atoms with Crippen LogP contribution in [0.1, 0.15) is 42.0 Å². The Morgan fingerprint density at radius 2 is 2.16 bits per heavy atom. The molecule has 1 unspecified atom stereocenters.